The summed E-state index contributed by atoms with van der Waals surface area (Å²) >= 11 is 0. The van der Waals surface area contributed by atoms with Gasteiger partial charge in [-0.05, 0) is 49.8 Å². The fourth-order valence-corrected chi connectivity index (χ4v) is 3.45. The van der Waals surface area contributed by atoms with Crippen LogP contribution < -0.4 is 15.7 Å². The Labute approximate surface area is 156 Å². The third-order valence-electron chi connectivity index (χ3n) is 4.78. The van der Waals surface area contributed by atoms with Crippen LogP contribution in [0.15, 0.2) is 27.4 Å². The first-order chi connectivity index (χ1) is 13.0. The Bertz CT molecular complexity index is 917. The number of hydrogen-bond donors (Lipinski definition) is 2. The molecule has 2 N–H and O–H groups in total. The predicted molar refractivity (Wildman–Crippen MR) is 99.1 cm³/mol. The highest BCUT2D eigenvalue weighted by Crippen LogP contribution is 2.29. The average Bonchev–Trinajstić information content (AvgIpc) is 2.66. The molecule has 1 heterocycles. The number of benzene rings is 1. The van der Waals surface area contributed by atoms with Gasteiger partial charge in [-0.3, -0.25) is 4.79 Å². The molecule has 7 nitrogen and oxygen atoms in total. The summed E-state index contributed by atoms with van der Waals surface area (Å²) in [5, 5.41) is 12.4. The highest BCUT2D eigenvalue weighted by Gasteiger charge is 2.20. The van der Waals surface area contributed by atoms with Gasteiger partial charge >= 0.3 is 11.6 Å². The molecule has 1 amide bonds. The number of aryl methyl sites for hydroxylation is 1. The van der Waals surface area contributed by atoms with Crippen LogP contribution in [-0.4, -0.2) is 29.6 Å². The minimum atomic E-state index is -1.07. The Morgan fingerprint density at radius 1 is 1.26 bits per heavy atom. The van der Waals surface area contributed by atoms with Gasteiger partial charge in [-0.15, -0.1) is 0 Å². The summed E-state index contributed by atoms with van der Waals surface area (Å²) in [6, 6.07) is 4.24. The average molecular weight is 373 g/mol. The molecule has 0 bridgehead atoms. The highest BCUT2D eigenvalue weighted by molar-refractivity contribution is 5.85. The first-order valence-corrected chi connectivity index (χ1v) is 9.23. The van der Waals surface area contributed by atoms with Gasteiger partial charge in [0.15, 0.2) is 6.61 Å². The molecule has 2 aromatic rings. The number of carbonyl (C=O) groups is 2. The third kappa shape index (κ3) is 4.30. The Kier molecular flexibility index (Phi) is 5.78. The summed E-state index contributed by atoms with van der Waals surface area (Å²) in [6.45, 7) is 1.54. The maximum atomic E-state index is 12.2. The molecule has 3 rings (SSSR count). The lowest BCUT2D eigenvalue weighted by atomic mass is 9.91. The Balaban J connectivity index is 1.72. The van der Waals surface area contributed by atoms with E-state index < -0.39 is 17.9 Å². The van der Waals surface area contributed by atoms with Gasteiger partial charge in [0.25, 0.3) is 5.91 Å². The molecule has 1 aliphatic rings. The van der Waals surface area contributed by atoms with Crippen LogP contribution in [0.5, 0.6) is 5.75 Å². The summed E-state index contributed by atoms with van der Waals surface area (Å²) in [4.78, 5) is 35.2. The lowest BCUT2D eigenvalue weighted by molar-refractivity contribution is -0.142. The van der Waals surface area contributed by atoms with Gasteiger partial charge in [0.05, 0.1) is 0 Å². The number of fused-ring (bicyclic) bond motifs is 3. The smallest absolute Gasteiger partial charge is 0.339 e. The number of ether oxygens (including phenoxy) is 1. The molecule has 1 aromatic carbocycles. The number of hydrogen-bond acceptors (Lipinski definition) is 5. The van der Waals surface area contributed by atoms with Crippen molar-refractivity contribution < 1.29 is 23.8 Å². The highest BCUT2D eigenvalue weighted by atomic mass is 16.5. The summed E-state index contributed by atoms with van der Waals surface area (Å²) in [7, 11) is 0. The van der Waals surface area contributed by atoms with Crippen molar-refractivity contribution in [3.63, 3.8) is 0 Å². The maximum absolute atomic E-state index is 12.2. The minimum absolute atomic E-state index is 0.309. The van der Waals surface area contributed by atoms with E-state index in [0.717, 1.165) is 42.2 Å². The second kappa shape index (κ2) is 8.24. The van der Waals surface area contributed by atoms with Gasteiger partial charge in [0.2, 0.25) is 0 Å². The van der Waals surface area contributed by atoms with Gasteiger partial charge in [-0.1, -0.05) is 13.3 Å². The molecule has 1 aromatic heterocycles. The van der Waals surface area contributed by atoms with E-state index in [4.69, 9.17) is 14.3 Å². The molecule has 0 fully saturated rings. The van der Waals surface area contributed by atoms with E-state index in [2.05, 4.69) is 5.32 Å². The quantitative estimate of drug-likeness (QED) is 0.722. The van der Waals surface area contributed by atoms with E-state index in [1.54, 1.807) is 12.1 Å². The van der Waals surface area contributed by atoms with Crippen molar-refractivity contribution in [1.29, 1.82) is 0 Å². The SMILES string of the molecule is CCC[C@@H](NC(=O)COc1ccc2c3c(c(=O)oc2c1)CCCC3)C(=O)O. The molecular formula is C20H23NO6. The fraction of sp³-hybridized carbons (Fsp3) is 0.450. The molecule has 0 aliphatic heterocycles. The van der Waals surface area contributed by atoms with E-state index in [1.807, 2.05) is 13.0 Å². The Morgan fingerprint density at radius 3 is 2.70 bits per heavy atom. The van der Waals surface area contributed by atoms with Crippen molar-refractivity contribution in [3.8, 4) is 5.75 Å². The number of aliphatic carboxylic acids is 1. The molecule has 0 saturated heterocycles. The monoisotopic (exact) mass is 373 g/mol. The van der Waals surface area contributed by atoms with Gasteiger partial charge in [-0.2, -0.15) is 0 Å². The topological polar surface area (TPSA) is 106 Å². The van der Waals surface area contributed by atoms with Gasteiger partial charge in [-0.25, -0.2) is 9.59 Å². The molecule has 27 heavy (non-hydrogen) atoms. The fourth-order valence-electron chi connectivity index (χ4n) is 3.45. The molecule has 0 spiro atoms. The lowest BCUT2D eigenvalue weighted by Crippen LogP contribution is -2.42. The van der Waals surface area contributed by atoms with E-state index in [-0.39, 0.29) is 12.2 Å². The molecule has 0 unspecified atom stereocenters. The summed E-state index contributed by atoms with van der Waals surface area (Å²) in [5.41, 5.74) is 1.93. The van der Waals surface area contributed by atoms with Crippen molar-refractivity contribution >= 4 is 22.8 Å². The van der Waals surface area contributed by atoms with E-state index in [9.17, 15) is 14.4 Å². The van der Waals surface area contributed by atoms with Crippen molar-refractivity contribution in [2.24, 2.45) is 0 Å². The zero-order valence-corrected chi connectivity index (χ0v) is 15.2. The zero-order valence-electron chi connectivity index (χ0n) is 15.2. The molecule has 0 saturated carbocycles. The third-order valence-corrected chi connectivity index (χ3v) is 4.78. The summed E-state index contributed by atoms with van der Waals surface area (Å²) < 4.78 is 10.9. The van der Waals surface area contributed by atoms with Crippen LogP contribution in [0.4, 0.5) is 0 Å². The van der Waals surface area contributed by atoms with Gasteiger partial charge in [0, 0.05) is 17.0 Å². The molecule has 7 heteroatoms. The molecule has 144 valence electrons. The van der Waals surface area contributed by atoms with E-state index in [0.29, 0.717) is 24.2 Å². The van der Waals surface area contributed by atoms with Crippen LogP contribution in [0.2, 0.25) is 0 Å². The van der Waals surface area contributed by atoms with Crippen molar-refractivity contribution in [3.05, 3.63) is 39.7 Å². The van der Waals surface area contributed by atoms with Gasteiger partial charge < -0.3 is 19.6 Å². The summed E-state index contributed by atoms with van der Waals surface area (Å²) in [5.74, 6) is -1.19. The van der Waals surface area contributed by atoms with Crippen molar-refractivity contribution in [2.45, 2.75) is 51.5 Å². The van der Waals surface area contributed by atoms with Crippen LogP contribution in [-0.2, 0) is 22.4 Å². The van der Waals surface area contributed by atoms with Crippen LogP contribution in [0.1, 0.15) is 43.7 Å². The van der Waals surface area contributed by atoms with E-state index in [1.165, 1.54) is 0 Å². The number of nitrogens with one attached hydrogen (secondary N) is 1. The number of carbonyl (C=O) groups excluding carboxylic acids is 1. The Hall–Kier alpha value is -2.83. The minimum Gasteiger partial charge on any atom is -0.484 e. The summed E-state index contributed by atoms with van der Waals surface area (Å²) in [6.07, 6.45) is 4.64. The number of carboxylic acid groups (broad SMARTS) is 1. The van der Waals surface area contributed by atoms with E-state index >= 15 is 0 Å². The van der Waals surface area contributed by atoms with Crippen LogP contribution in [0.3, 0.4) is 0 Å². The van der Waals surface area contributed by atoms with Crippen LogP contribution >= 0.6 is 0 Å². The first kappa shape index (κ1) is 18.9. The number of rotatable bonds is 7. The molecule has 1 aliphatic carbocycles. The second-order valence-electron chi connectivity index (χ2n) is 6.75. The van der Waals surface area contributed by atoms with Gasteiger partial charge in [0.1, 0.15) is 17.4 Å². The maximum Gasteiger partial charge on any atom is 0.339 e. The molecule has 0 radical (unpaired) electrons. The normalized spacial score (nSPS) is 14.4. The van der Waals surface area contributed by atoms with Crippen LogP contribution in [0.25, 0.3) is 11.0 Å². The zero-order chi connectivity index (χ0) is 19.4. The lowest BCUT2D eigenvalue weighted by Gasteiger charge is -2.16. The first-order valence-electron chi connectivity index (χ1n) is 9.23. The second-order valence-corrected chi connectivity index (χ2v) is 6.75. The van der Waals surface area contributed by atoms with Crippen molar-refractivity contribution in [2.75, 3.05) is 6.61 Å². The number of carboxylic acids is 1. The molecule has 1 atom stereocenters. The predicted octanol–water partition coefficient (Wildman–Crippen LogP) is 2.42. The molecular weight excluding hydrogens is 350 g/mol. The largest absolute Gasteiger partial charge is 0.484 e. The number of amides is 1. The Morgan fingerprint density at radius 2 is 2.00 bits per heavy atom. The van der Waals surface area contributed by atoms with Crippen LogP contribution in [0, 0.1) is 0 Å². The standard InChI is InChI=1S/C20H23NO6/c1-2-5-16(19(23)24)21-18(22)11-26-12-8-9-14-13-6-3-4-7-15(13)20(25)27-17(14)10-12/h8-10,16H,2-7,11H2,1H3,(H,21,22)(H,23,24)/t16-/m1/s1. The van der Waals surface area contributed by atoms with Crippen molar-refractivity contribution in [1.82, 2.24) is 5.32 Å².